The number of hydrogen-bond donors (Lipinski definition) is 0. The van der Waals surface area contributed by atoms with E-state index in [1.165, 1.54) is 57.8 Å². The smallest absolute Gasteiger partial charge is 0.0468 e. The molecule has 0 saturated carbocycles. The van der Waals surface area contributed by atoms with Crippen LogP contribution in [0.3, 0.4) is 0 Å². The molecule has 0 N–H and O–H groups in total. The molecule has 0 aromatic heterocycles. The molecule has 0 atom stereocenters. The van der Waals surface area contributed by atoms with Crippen molar-refractivity contribution in [3.8, 4) is 0 Å². The molecule has 0 aromatic rings. The van der Waals surface area contributed by atoms with Gasteiger partial charge in [0.25, 0.3) is 0 Å². The first kappa shape index (κ1) is 16.0. The van der Waals surface area contributed by atoms with Crippen LogP contribution in [0, 0.1) is 6.42 Å². The van der Waals surface area contributed by atoms with Crippen LogP contribution < -0.4 is 0 Å². The molecule has 0 aliphatic heterocycles. The molecule has 0 rings (SSSR count). The van der Waals surface area contributed by atoms with Crippen molar-refractivity contribution < 1.29 is 4.74 Å². The Kier molecular flexibility index (Phi) is 14.9. The predicted octanol–water partition coefficient (Wildman–Crippen LogP) is 5.15. The second-order valence-electron chi connectivity index (χ2n) is 4.64. The van der Waals surface area contributed by atoms with Crippen molar-refractivity contribution in [2.45, 2.75) is 78.1 Å². The Bertz CT molecular complexity index is 98.0. The molecule has 97 valence electrons. The number of unbranched alkanes of at least 4 members (excludes halogenated alkanes) is 9. The molecular weight excluding hydrogens is 196 g/mol. The third-order valence-electron chi connectivity index (χ3n) is 2.94. The summed E-state index contributed by atoms with van der Waals surface area (Å²) < 4.78 is 5.50. The zero-order valence-electron chi connectivity index (χ0n) is 11.5. The third kappa shape index (κ3) is 14.0. The topological polar surface area (TPSA) is 9.23 Å². The minimum Gasteiger partial charge on any atom is -0.381 e. The van der Waals surface area contributed by atoms with Crippen LogP contribution in [-0.2, 0) is 4.74 Å². The predicted molar refractivity (Wildman–Crippen MR) is 72.6 cm³/mol. The van der Waals surface area contributed by atoms with Crippen LogP contribution in [0.4, 0.5) is 0 Å². The fourth-order valence-corrected chi connectivity index (χ4v) is 1.82. The molecule has 0 aliphatic rings. The van der Waals surface area contributed by atoms with Crippen LogP contribution in [0.5, 0.6) is 0 Å². The molecule has 0 aliphatic carbocycles. The number of hydrogen-bond acceptors (Lipinski definition) is 1. The molecule has 0 aromatic carbocycles. The van der Waals surface area contributed by atoms with E-state index < -0.39 is 0 Å². The summed E-state index contributed by atoms with van der Waals surface area (Å²) in [7, 11) is 0. The zero-order valence-corrected chi connectivity index (χ0v) is 11.5. The lowest BCUT2D eigenvalue weighted by molar-refractivity contribution is 0.132. The largest absolute Gasteiger partial charge is 0.381 e. The first-order chi connectivity index (χ1) is 7.91. The van der Waals surface area contributed by atoms with E-state index in [4.69, 9.17) is 4.74 Å². The zero-order chi connectivity index (χ0) is 11.9. The maximum absolute atomic E-state index is 5.50. The van der Waals surface area contributed by atoms with Gasteiger partial charge in [-0.15, -0.1) is 0 Å². The van der Waals surface area contributed by atoms with Crippen LogP contribution >= 0.6 is 0 Å². The summed E-state index contributed by atoms with van der Waals surface area (Å²) in [6, 6.07) is 0. The molecule has 1 heteroatoms. The minimum absolute atomic E-state index is 0.910. The van der Waals surface area contributed by atoms with Crippen LogP contribution in [0.1, 0.15) is 78.1 Å². The van der Waals surface area contributed by atoms with E-state index in [0.29, 0.717) is 0 Å². The van der Waals surface area contributed by atoms with Crippen molar-refractivity contribution in [3.05, 3.63) is 6.42 Å². The van der Waals surface area contributed by atoms with E-state index in [1.54, 1.807) is 0 Å². The van der Waals surface area contributed by atoms with Gasteiger partial charge in [0.05, 0.1) is 0 Å². The minimum atomic E-state index is 0.910. The highest BCUT2D eigenvalue weighted by Crippen LogP contribution is 2.09. The quantitative estimate of drug-likeness (QED) is 0.395. The van der Waals surface area contributed by atoms with Crippen molar-refractivity contribution in [3.63, 3.8) is 0 Å². The summed E-state index contributed by atoms with van der Waals surface area (Å²) >= 11 is 0. The first-order valence-electron chi connectivity index (χ1n) is 7.27. The Morgan fingerprint density at radius 1 is 0.750 bits per heavy atom. The summed E-state index contributed by atoms with van der Waals surface area (Å²) in [5.41, 5.74) is 0. The Balaban J connectivity index is 2.83. The van der Waals surface area contributed by atoms with Crippen molar-refractivity contribution in [1.29, 1.82) is 0 Å². The molecule has 0 amide bonds. The molecule has 0 bridgehead atoms. The van der Waals surface area contributed by atoms with E-state index in [0.717, 1.165) is 19.6 Å². The lowest BCUT2D eigenvalue weighted by Crippen LogP contribution is -1.96. The first-order valence-corrected chi connectivity index (χ1v) is 7.27. The lowest BCUT2D eigenvalue weighted by atomic mass is 10.1. The average molecular weight is 227 g/mol. The molecule has 0 heterocycles. The highest BCUT2D eigenvalue weighted by molar-refractivity contribution is 4.53. The second kappa shape index (κ2) is 15.0. The average Bonchev–Trinajstić information content (AvgIpc) is 2.31. The van der Waals surface area contributed by atoms with Gasteiger partial charge in [-0.2, -0.15) is 0 Å². The van der Waals surface area contributed by atoms with E-state index in [-0.39, 0.29) is 0 Å². The summed E-state index contributed by atoms with van der Waals surface area (Å²) in [5, 5.41) is 0. The van der Waals surface area contributed by atoms with E-state index in [9.17, 15) is 0 Å². The third-order valence-corrected chi connectivity index (χ3v) is 2.94. The Morgan fingerprint density at radius 2 is 1.31 bits per heavy atom. The molecule has 0 unspecified atom stereocenters. The van der Waals surface area contributed by atoms with Gasteiger partial charge in [-0.3, -0.25) is 0 Å². The van der Waals surface area contributed by atoms with Crippen LogP contribution in [0.15, 0.2) is 0 Å². The molecule has 1 nitrogen and oxygen atoms in total. The molecule has 0 saturated heterocycles. The van der Waals surface area contributed by atoms with Crippen molar-refractivity contribution >= 4 is 0 Å². The van der Waals surface area contributed by atoms with E-state index in [1.807, 2.05) is 0 Å². The van der Waals surface area contributed by atoms with Crippen molar-refractivity contribution in [1.82, 2.24) is 0 Å². The SMILES string of the molecule is C[CH]CCOCCCCCCCCCCC. The van der Waals surface area contributed by atoms with Gasteiger partial charge < -0.3 is 4.74 Å². The van der Waals surface area contributed by atoms with Gasteiger partial charge in [-0.05, 0) is 19.3 Å². The molecule has 0 fully saturated rings. The van der Waals surface area contributed by atoms with Gasteiger partial charge in [0.2, 0.25) is 0 Å². The van der Waals surface area contributed by atoms with Gasteiger partial charge in [0, 0.05) is 13.2 Å². The number of ether oxygens (including phenoxy) is 1. The summed E-state index contributed by atoms with van der Waals surface area (Å²) in [6.45, 7) is 6.23. The van der Waals surface area contributed by atoms with Crippen molar-refractivity contribution in [2.75, 3.05) is 13.2 Å². The Hall–Kier alpha value is -0.0400. The van der Waals surface area contributed by atoms with Crippen LogP contribution in [0.2, 0.25) is 0 Å². The molecule has 0 spiro atoms. The van der Waals surface area contributed by atoms with Gasteiger partial charge >= 0.3 is 0 Å². The Labute approximate surface area is 103 Å². The standard InChI is InChI=1S/C15H31O/c1-3-5-7-8-9-10-11-12-13-15-16-14-6-4-2/h4H,3,5-15H2,1-2H3. The summed E-state index contributed by atoms with van der Waals surface area (Å²) in [5.74, 6) is 0. The van der Waals surface area contributed by atoms with Gasteiger partial charge in [-0.25, -0.2) is 0 Å². The second-order valence-corrected chi connectivity index (χ2v) is 4.64. The van der Waals surface area contributed by atoms with Gasteiger partial charge in [0.15, 0.2) is 0 Å². The highest BCUT2D eigenvalue weighted by atomic mass is 16.5. The summed E-state index contributed by atoms with van der Waals surface area (Å²) in [6.07, 6.45) is 15.8. The molecular formula is C15H31O. The lowest BCUT2D eigenvalue weighted by Gasteiger charge is -2.03. The fourth-order valence-electron chi connectivity index (χ4n) is 1.82. The maximum Gasteiger partial charge on any atom is 0.0468 e. The highest BCUT2D eigenvalue weighted by Gasteiger charge is 1.92. The normalized spacial score (nSPS) is 10.9. The fraction of sp³-hybridized carbons (Fsp3) is 0.933. The van der Waals surface area contributed by atoms with Crippen molar-refractivity contribution in [2.24, 2.45) is 0 Å². The van der Waals surface area contributed by atoms with Crippen LogP contribution in [-0.4, -0.2) is 13.2 Å². The molecule has 16 heavy (non-hydrogen) atoms. The summed E-state index contributed by atoms with van der Waals surface area (Å²) in [4.78, 5) is 0. The van der Waals surface area contributed by atoms with Crippen LogP contribution in [0.25, 0.3) is 0 Å². The monoisotopic (exact) mass is 227 g/mol. The van der Waals surface area contributed by atoms with Gasteiger partial charge in [0.1, 0.15) is 0 Å². The Morgan fingerprint density at radius 3 is 1.88 bits per heavy atom. The van der Waals surface area contributed by atoms with E-state index in [2.05, 4.69) is 20.3 Å². The molecule has 1 radical (unpaired) electrons. The number of rotatable bonds is 13. The van der Waals surface area contributed by atoms with Gasteiger partial charge in [-0.1, -0.05) is 65.2 Å². The van der Waals surface area contributed by atoms with E-state index >= 15 is 0 Å². The maximum atomic E-state index is 5.50.